The second kappa shape index (κ2) is 14.2. The summed E-state index contributed by atoms with van der Waals surface area (Å²) in [6, 6.07) is 12.4. The number of nitrogens with one attached hydrogen (secondary N) is 1. The Morgan fingerprint density at radius 2 is 1.86 bits per heavy atom. The number of fused-ring (bicyclic) bond motifs is 1. The number of ether oxygens (including phenoxy) is 3. The van der Waals surface area contributed by atoms with Gasteiger partial charge in [-0.1, -0.05) is 31.9 Å². The Bertz CT molecular complexity index is 1570. The molecule has 4 aromatic rings. The molecule has 0 saturated heterocycles. The summed E-state index contributed by atoms with van der Waals surface area (Å²) in [6.45, 7) is 9.86. The van der Waals surface area contributed by atoms with Gasteiger partial charge in [-0.2, -0.15) is 0 Å². The average molecular weight is 591 g/mol. The molecule has 0 fully saturated rings. The lowest BCUT2D eigenvalue weighted by Gasteiger charge is -2.19. The van der Waals surface area contributed by atoms with Gasteiger partial charge in [0.15, 0.2) is 0 Å². The third kappa shape index (κ3) is 8.80. The van der Waals surface area contributed by atoms with Crippen LogP contribution in [-0.4, -0.2) is 29.3 Å². The number of esters is 1. The molecule has 0 radical (unpaired) electrons. The Balaban J connectivity index is 1.54. The number of aromatic nitrogens is 1. The quantitative estimate of drug-likeness (QED) is 0.133. The fraction of sp³-hybridized carbons (Fsp3) is 0.382. The smallest absolute Gasteiger partial charge is 0.407 e. The Kier molecular flexibility index (Phi) is 10.4. The number of hydrogen-bond acceptors (Lipinski definition) is 7. The minimum absolute atomic E-state index is 0.0629. The van der Waals surface area contributed by atoms with Gasteiger partial charge < -0.3 is 23.9 Å². The minimum atomic E-state index is -0.617. The molecule has 0 aliphatic heterocycles. The number of halogens is 1. The standard InChI is InChI=1S/C34H39FN2O6/c1-6-7-8-14-40-30(38)19-24-10-9-22(2)16-29(24)42-21-25-18-28(32-27(31(25)35)12-15-41-32)23-11-13-36-26(17-23)20-37-33(39)43-34(3,4)5/h9-13,15-18H,6-8,14,19-21H2,1-5H3,(H,37,39). The molecule has 1 amide bonds. The summed E-state index contributed by atoms with van der Waals surface area (Å²) in [4.78, 5) is 28.9. The van der Waals surface area contributed by atoms with Crippen LogP contribution in [0.15, 0.2) is 59.3 Å². The lowest BCUT2D eigenvalue weighted by Crippen LogP contribution is -2.32. The molecule has 0 atom stereocenters. The van der Waals surface area contributed by atoms with Crippen molar-refractivity contribution in [2.75, 3.05) is 6.61 Å². The lowest BCUT2D eigenvalue weighted by atomic mass is 10.00. The van der Waals surface area contributed by atoms with Gasteiger partial charge in [0.1, 0.15) is 29.4 Å². The fourth-order valence-electron chi connectivity index (χ4n) is 4.55. The van der Waals surface area contributed by atoms with Crippen LogP contribution >= 0.6 is 0 Å². The molecule has 1 N–H and O–H groups in total. The lowest BCUT2D eigenvalue weighted by molar-refractivity contribution is -0.143. The molecule has 8 nitrogen and oxygen atoms in total. The minimum Gasteiger partial charge on any atom is -0.488 e. The Hall–Kier alpha value is -4.40. The number of carbonyl (C=O) groups excluding carboxylic acids is 2. The van der Waals surface area contributed by atoms with Gasteiger partial charge in [0, 0.05) is 22.9 Å². The highest BCUT2D eigenvalue weighted by Gasteiger charge is 2.19. The number of furan rings is 1. The third-order valence-corrected chi connectivity index (χ3v) is 6.64. The molecule has 2 aromatic heterocycles. The van der Waals surface area contributed by atoms with Crippen molar-refractivity contribution in [1.82, 2.24) is 10.3 Å². The first-order chi connectivity index (χ1) is 20.5. The van der Waals surface area contributed by atoms with E-state index in [4.69, 9.17) is 18.6 Å². The molecule has 0 bridgehead atoms. The zero-order chi connectivity index (χ0) is 31.0. The molecule has 4 rings (SSSR count). The van der Waals surface area contributed by atoms with Crippen molar-refractivity contribution < 1.29 is 32.6 Å². The van der Waals surface area contributed by atoms with Crippen LogP contribution in [0, 0.1) is 12.7 Å². The van der Waals surface area contributed by atoms with E-state index < -0.39 is 17.5 Å². The Morgan fingerprint density at radius 3 is 2.63 bits per heavy atom. The average Bonchev–Trinajstić information content (AvgIpc) is 3.45. The Morgan fingerprint density at radius 1 is 1.05 bits per heavy atom. The largest absolute Gasteiger partial charge is 0.488 e. The maximum absolute atomic E-state index is 15.6. The van der Waals surface area contributed by atoms with Crippen LogP contribution in [0.1, 0.15) is 69.3 Å². The van der Waals surface area contributed by atoms with Crippen molar-refractivity contribution in [3.05, 3.63) is 83.1 Å². The monoisotopic (exact) mass is 590 g/mol. The van der Waals surface area contributed by atoms with Gasteiger partial charge in [-0.25, -0.2) is 9.18 Å². The van der Waals surface area contributed by atoms with Crippen LogP contribution in [-0.2, 0) is 33.8 Å². The summed E-state index contributed by atoms with van der Waals surface area (Å²) >= 11 is 0. The van der Waals surface area contributed by atoms with Crippen molar-refractivity contribution in [1.29, 1.82) is 0 Å². The zero-order valence-electron chi connectivity index (χ0n) is 25.4. The second-order valence-electron chi connectivity index (χ2n) is 11.5. The number of alkyl carbamates (subject to hydrolysis) is 1. The van der Waals surface area contributed by atoms with Crippen LogP contribution in [0.25, 0.3) is 22.1 Å². The van der Waals surface area contributed by atoms with Crippen molar-refractivity contribution in [2.45, 2.75) is 79.1 Å². The topological polar surface area (TPSA) is 99.9 Å². The molecule has 0 saturated carbocycles. The highest BCUT2D eigenvalue weighted by atomic mass is 19.1. The van der Waals surface area contributed by atoms with Crippen LogP contribution < -0.4 is 10.1 Å². The van der Waals surface area contributed by atoms with Gasteiger partial charge in [-0.15, -0.1) is 0 Å². The maximum atomic E-state index is 15.6. The van der Waals surface area contributed by atoms with Gasteiger partial charge in [-0.3, -0.25) is 9.78 Å². The molecule has 2 heterocycles. The predicted molar refractivity (Wildman–Crippen MR) is 162 cm³/mol. The van der Waals surface area contributed by atoms with Gasteiger partial charge >= 0.3 is 12.1 Å². The molecule has 43 heavy (non-hydrogen) atoms. The van der Waals surface area contributed by atoms with E-state index in [1.807, 2.05) is 31.2 Å². The van der Waals surface area contributed by atoms with Crippen LogP contribution in [0.4, 0.5) is 9.18 Å². The molecule has 0 aliphatic rings. The van der Waals surface area contributed by atoms with E-state index in [0.717, 1.165) is 30.4 Å². The fourth-order valence-corrected chi connectivity index (χ4v) is 4.55. The molecule has 2 aromatic carbocycles. The van der Waals surface area contributed by atoms with E-state index in [-0.39, 0.29) is 25.5 Å². The molecule has 0 aliphatic carbocycles. The second-order valence-corrected chi connectivity index (χ2v) is 11.5. The maximum Gasteiger partial charge on any atom is 0.407 e. The van der Waals surface area contributed by atoms with E-state index in [2.05, 4.69) is 17.2 Å². The highest BCUT2D eigenvalue weighted by Crippen LogP contribution is 2.34. The van der Waals surface area contributed by atoms with E-state index in [1.54, 1.807) is 45.2 Å². The summed E-state index contributed by atoms with van der Waals surface area (Å²) in [5, 5.41) is 3.03. The Labute approximate surface area is 251 Å². The summed E-state index contributed by atoms with van der Waals surface area (Å²) < 4.78 is 38.1. The van der Waals surface area contributed by atoms with Crippen molar-refractivity contribution >= 4 is 23.0 Å². The summed E-state index contributed by atoms with van der Waals surface area (Å²) in [7, 11) is 0. The van der Waals surface area contributed by atoms with E-state index in [9.17, 15) is 9.59 Å². The van der Waals surface area contributed by atoms with E-state index in [1.165, 1.54) is 6.26 Å². The van der Waals surface area contributed by atoms with Crippen molar-refractivity contribution in [2.24, 2.45) is 0 Å². The predicted octanol–water partition coefficient (Wildman–Crippen LogP) is 7.82. The number of unbranched alkanes of at least 4 members (excludes halogenated alkanes) is 2. The molecule has 0 spiro atoms. The molecule has 9 heteroatoms. The first kappa shape index (κ1) is 31.5. The first-order valence-corrected chi connectivity index (χ1v) is 14.5. The summed E-state index contributed by atoms with van der Waals surface area (Å²) in [6.07, 6.45) is 5.46. The molecule has 0 unspecified atom stereocenters. The highest BCUT2D eigenvalue weighted by molar-refractivity contribution is 5.93. The van der Waals surface area contributed by atoms with Crippen LogP contribution in [0.2, 0.25) is 0 Å². The number of carbonyl (C=O) groups is 2. The van der Waals surface area contributed by atoms with E-state index in [0.29, 0.717) is 45.7 Å². The normalized spacial score (nSPS) is 11.4. The number of hydrogen-bond donors (Lipinski definition) is 1. The molecule has 228 valence electrons. The van der Waals surface area contributed by atoms with Crippen molar-refractivity contribution in [3.63, 3.8) is 0 Å². The van der Waals surface area contributed by atoms with Crippen molar-refractivity contribution in [3.8, 4) is 16.9 Å². The van der Waals surface area contributed by atoms with Gasteiger partial charge in [-0.05, 0) is 75.6 Å². The van der Waals surface area contributed by atoms with Gasteiger partial charge in [0.25, 0.3) is 0 Å². The van der Waals surface area contributed by atoms with Crippen LogP contribution in [0.5, 0.6) is 5.75 Å². The van der Waals surface area contributed by atoms with Gasteiger partial charge in [0.05, 0.1) is 36.9 Å². The zero-order valence-corrected chi connectivity index (χ0v) is 25.4. The molecular weight excluding hydrogens is 551 g/mol. The number of amides is 1. The van der Waals surface area contributed by atoms with E-state index >= 15 is 4.39 Å². The summed E-state index contributed by atoms with van der Waals surface area (Å²) in [5.41, 5.74) is 3.70. The number of nitrogens with zero attached hydrogens (tertiary/aromatic N) is 1. The third-order valence-electron chi connectivity index (χ3n) is 6.64. The first-order valence-electron chi connectivity index (χ1n) is 14.5. The number of rotatable bonds is 12. The SMILES string of the molecule is CCCCCOC(=O)Cc1ccc(C)cc1OCc1cc(-c2ccnc(CNC(=O)OC(C)(C)C)c2)c2occc2c1F. The number of aryl methyl sites for hydroxylation is 1. The molecular formula is C34H39FN2O6. The van der Waals surface area contributed by atoms with Gasteiger partial charge in [0.2, 0.25) is 0 Å². The van der Waals surface area contributed by atoms with Crippen LogP contribution in [0.3, 0.4) is 0 Å². The summed E-state index contributed by atoms with van der Waals surface area (Å²) in [5.74, 6) is -0.274. The number of benzene rings is 2. The number of pyridine rings is 1.